The van der Waals surface area contributed by atoms with Crippen LogP contribution in [0.15, 0.2) is 22.7 Å². The molecule has 0 aliphatic carbocycles. The van der Waals surface area contributed by atoms with Gasteiger partial charge in [-0.05, 0) is 52.4 Å². The smallest absolute Gasteiger partial charge is 0.220 e. The zero-order valence-corrected chi connectivity index (χ0v) is 18.3. The second-order valence-corrected chi connectivity index (χ2v) is 9.94. The molecule has 6 nitrogen and oxygen atoms in total. The van der Waals surface area contributed by atoms with Crippen LogP contribution in [-0.2, 0) is 20.2 Å². The minimum Gasteiger partial charge on any atom is -0.492 e. The first kappa shape index (κ1) is 22.9. The number of hydrogen-bond acceptors (Lipinski definition) is 4. The third-order valence-electron chi connectivity index (χ3n) is 3.75. The summed E-state index contributed by atoms with van der Waals surface area (Å²) in [6.07, 6.45) is 0.915. The van der Waals surface area contributed by atoms with Crippen molar-refractivity contribution in [1.82, 2.24) is 10.0 Å². The van der Waals surface area contributed by atoms with Gasteiger partial charge in [0, 0.05) is 19.5 Å². The Hall–Kier alpha value is -1.12. The molecule has 0 spiro atoms. The third-order valence-corrected chi connectivity index (χ3v) is 5.78. The van der Waals surface area contributed by atoms with E-state index in [1.54, 1.807) is 6.92 Å². The van der Waals surface area contributed by atoms with Crippen LogP contribution in [-0.4, -0.2) is 39.8 Å². The van der Waals surface area contributed by atoms with Crippen molar-refractivity contribution >= 4 is 31.9 Å². The van der Waals surface area contributed by atoms with E-state index < -0.39 is 10.0 Å². The van der Waals surface area contributed by atoms with E-state index in [0.717, 1.165) is 10.2 Å². The number of amides is 1. The monoisotopic (exact) mass is 448 g/mol. The average Bonchev–Trinajstić information content (AvgIpc) is 2.56. The van der Waals surface area contributed by atoms with Gasteiger partial charge in [-0.2, -0.15) is 0 Å². The number of sulfonamides is 1. The molecule has 0 heterocycles. The molecule has 1 rings (SSSR count). The summed E-state index contributed by atoms with van der Waals surface area (Å²) in [4.78, 5) is 11.7. The van der Waals surface area contributed by atoms with Gasteiger partial charge >= 0.3 is 0 Å². The van der Waals surface area contributed by atoms with Crippen LogP contribution in [0.1, 0.15) is 46.1 Å². The van der Waals surface area contributed by atoms with Crippen LogP contribution < -0.4 is 14.8 Å². The van der Waals surface area contributed by atoms with Crippen molar-refractivity contribution in [2.45, 2.75) is 46.0 Å². The van der Waals surface area contributed by atoms with Crippen molar-refractivity contribution in [3.8, 4) is 5.75 Å². The van der Waals surface area contributed by atoms with Crippen molar-refractivity contribution in [3.63, 3.8) is 0 Å². The Morgan fingerprint density at radius 2 is 1.92 bits per heavy atom. The molecule has 0 atom stereocenters. The number of carbonyl (C=O) groups is 1. The number of benzene rings is 1. The van der Waals surface area contributed by atoms with Crippen molar-refractivity contribution < 1.29 is 17.9 Å². The van der Waals surface area contributed by atoms with Crippen LogP contribution >= 0.6 is 15.9 Å². The largest absolute Gasteiger partial charge is 0.492 e. The molecule has 0 unspecified atom stereocenters. The summed E-state index contributed by atoms with van der Waals surface area (Å²) in [6, 6.07) is 6.04. The quantitative estimate of drug-likeness (QED) is 0.538. The van der Waals surface area contributed by atoms with Gasteiger partial charge in [0.05, 0.1) is 16.8 Å². The maximum Gasteiger partial charge on any atom is 0.220 e. The van der Waals surface area contributed by atoms with Crippen LogP contribution in [0.3, 0.4) is 0 Å². The van der Waals surface area contributed by atoms with Gasteiger partial charge in [-0.3, -0.25) is 4.79 Å². The Labute approximate surface area is 165 Å². The molecule has 0 radical (unpaired) electrons. The SMILES string of the molecule is CCS(=O)(=O)NCCNC(=O)CCCOc1ccc(C(C)(C)C)cc1Br. The highest BCUT2D eigenvalue weighted by Crippen LogP contribution is 2.31. The summed E-state index contributed by atoms with van der Waals surface area (Å²) in [5.74, 6) is 0.670. The fraction of sp³-hybridized carbons (Fsp3) is 0.611. The Bertz CT molecular complexity index is 700. The molecule has 1 aromatic carbocycles. The molecule has 0 fully saturated rings. The molecule has 2 N–H and O–H groups in total. The topological polar surface area (TPSA) is 84.5 Å². The standard InChI is InChI=1S/C18H29BrN2O4S/c1-5-26(23,24)21-11-10-20-17(22)7-6-12-25-16-9-8-14(13-15(16)19)18(2,3)4/h8-9,13,21H,5-7,10-12H2,1-4H3,(H,20,22). The molecule has 1 aromatic rings. The number of nitrogens with one attached hydrogen (secondary N) is 2. The Morgan fingerprint density at radius 3 is 2.50 bits per heavy atom. The van der Waals surface area contributed by atoms with E-state index in [0.29, 0.717) is 19.4 Å². The summed E-state index contributed by atoms with van der Waals surface area (Å²) < 4.78 is 31.5. The first-order valence-corrected chi connectivity index (χ1v) is 11.2. The van der Waals surface area contributed by atoms with Crippen LogP contribution in [0.2, 0.25) is 0 Å². The Balaban J connectivity index is 2.27. The van der Waals surface area contributed by atoms with Crippen LogP contribution in [0, 0.1) is 0 Å². The average molecular weight is 449 g/mol. The minimum atomic E-state index is -3.21. The molecule has 1 amide bonds. The predicted molar refractivity (Wildman–Crippen MR) is 108 cm³/mol. The number of rotatable bonds is 10. The number of ether oxygens (including phenoxy) is 1. The van der Waals surface area contributed by atoms with E-state index in [2.05, 4.69) is 52.8 Å². The maximum atomic E-state index is 11.7. The minimum absolute atomic E-state index is 0.0323. The first-order chi connectivity index (χ1) is 12.0. The maximum absolute atomic E-state index is 11.7. The van der Waals surface area contributed by atoms with Crippen molar-refractivity contribution in [3.05, 3.63) is 28.2 Å². The van der Waals surface area contributed by atoms with Gasteiger partial charge in [0.2, 0.25) is 15.9 Å². The van der Waals surface area contributed by atoms with E-state index in [4.69, 9.17) is 4.74 Å². The number of halogens is 1. The second kappa shape index (κ2) is 10.3. The Kier molecular flexibility index (Phi) is 9.06. The highest BCUT2D eigenvalue weighted by molar-refractivity contribution is 9.10. The van der Waals surface area contributed by atoms with Gasteiger partial charge in [0.15, 0.2) is 0 Å². The molecule has 0 saturated carbocycles. The Morgan fingerprint density at radius 1 is 1.23 bits per heavy atom. The lowest BCUT2D eigenvalue weighted by atomic mass is 9.87. The number of carbonyl (C=O) groups excluding carboxylic acids is 1. The van der Waals surface area contributed by atoms with E-state index in [1.165, 1.54) is 5.56 Å². The van der Waals surface area contributed by atoms with Crippen LogP contribution in [0.5, 0.6) is 5.75 Å². The highest BCUT2D eigenvalue weighted by Gasteiger charge is 2.15. The van der Waals surface area contributed by atoms with Crippen molar-refractivity contribution in [1.29, 1.82) is 0 Å². The molecule has 0 aromatic heterocycles. The molecule has 148 valence electrons. The molecule has 0 saturated heterocycles. The van der Waals surface area contributed by atoms with E-state index >= 15 is 0 Å². The number of hydrogen-bond donors (Lipinski definition) is 2. The first-order valence-electron chi connectivity index (χ1n) is 8.72. The van der Waals surface area contributed by atoms with Gasteiger partial charge in [0.1, 0.15) is 5.75 Å². The fourth-order valence-corrected chi connectivity index (χ4v) is 3.21. The van der Waals surface area contributed by atoms with Gasteiger partial charge < -0.3 is 10.1 Å². The molecule has 0 bridgehead atoms. The zero-order valence-electron chi connectivity index (χ0n) is 15.9. The molecule has 8 heteroatoms. The fourth-order valence-electron chi connectivity index (χ4n) is 2.10. The van der Waals surface area contributed by atoms with E-state index in [1.807, 2.05) is 12.1 Å². The molecular formula is C18H29BrN2O4S. The molecular weight excluding hydrogens is 420 g/mol. The van der Waals surface area contributed by atoms with Crippen molar-refractivity contribution in [2.24, 2.45) is 0 Å². The zero-order chi connectivity index (χ0) is 19.8. The van der Waals surface area contributed by atoms with Crippen molar-refractivity contribution in [2.75, 3.05) is 25.4 Å². The second-order valence-electron chi connectivity index (χ2n) is 6.99. The molecule has 0 aliphatic rings. The predicted octanol–water partition coefficient (Wildman–Crippen LogP) is 2.96. The summed E-state index contributed by atoms with van der Waals surface area (Å²) >= 11 is 3.52. The van der Waals surface area contributed by atoms with Gasteiger partial charge in [0.25, 0.3) is 0 Å². The molecule has 26 heavy (non-hydrogen) atoms. The van der Waals surface area contributed by atoms with Gasteiger partial charge in [-0.1, -0.05) is 26.8 Å². The lowest BCUT2D eigenvalue weighted by Gasteiger charge is -2.20. The highest BCUT2D eigenvalue weighted by atomic mass is 79.9. The van der Waals surface area contributed by atoms with Crippen LogP contribution in [0.25, 0.3) is 0 Å². The third kappa shape index (κ3) is 8.51. The summed E-state index contributed by atoms with van der Waals surface area (Å²) in [6.45, 7) is 8.94. The summed E-state index contributed by atoms with van der Waals surface area (Å²) in [5, 5.41) is 2.68. The van der Waals surface area contributed by atoms with Crippen LogP contribution in [0.4, 0.5) is 0 Å². The molecule has 0 aliphatic heterocycles. The normalized spacial score (nSPS) is 12.0. The lowest BCUT2D eigenvalue weighted by molar-refractivity contribution is -0.121. The summed E-state index contributed by atoms with van der Waals surface area (Å²) in [5.41, 5.74) is 1.29. The lowest BCUT2D eigenvalue weighted by Crippen LogP contribution is -2.35. The van der Waals surface area contributed by atoms with E-state index in [-0.39, 0.29) is 30.2 Å². The van der Waals surface area contributed by atoms with E-state index in [9.17, 15) is 13.2 Å². The summed E-state index contributed by atoms with van der Waals surface area (Å²) in [7, 11) is -3.21. The van der Waals surface area contributed by atoms with Gasteiger partial charge in [-0.15, -0.1) is 0 Å². The van der Waals surface area contributed by atoms with Gasteiger partial charge in [-0.25, -0.2) is 13.1 Å².